The second-order valence-electron chi connectivity index (χ2n) is 7.98. The average molecular weight is 461 g/mol. The van der Waals surface area contributed by atoms with E-state index >= 15 is 0 Å². The summed E-state index contributed by atoms with van der Waals surface area (Å²) in [6, 6.07) is 16.6. The Kier molecular flexibility index (Phi) is 8.26. The van der Waals surface area contributed by atoms with E-state index in [-0.39, 0.29) is 24.0 Å². The summed E-state index contributed by atoms with van der Waals surface area (Å²) in [5, 5.41) is 2.95. The van der Waals surface area contributed by atoms with Crippen LogP contribution < -0.4 is 10.1 Å². The van der Waals surface area contributed by atoms with E-state index in [1.165, 1.54) is 0 Å². The number of rotatable bonds is 8. The molecule has 0 fully saturated rings. The first-order chi connectivity index (χ1) is 13.7. The lowest BCUT2D eigenvalue weighted by Gasteiger charge is -2.31. The maximum atomic E-state index is 12.9. The van der Waals surface area contributed by atoms with Crippen molar-refractivity contribution in [2.24, 2.45) is 0 Å². The Labute approximate surface area is 181 Å². The fraction of sp³-hybridized carbons (Fsp3) is 0.391. The van der Waals surface area contributed by atoms with Crippen molar-refractivity contribution < 1.29 is 14.3 Å². The molecule has 2 aromatic rings. The molecule has 5 nitrogen and oxygen atoms in total. The number of carbonyl (C=O) groups excluding carboxylic acids is 2. The summed E-state index contributed by atoms with van der Waals surface area (Å²) >= 11 is 3.38. The van der Waals surface area contributed by atoms with Crippen molar-refractivity contribution >= 4 is 27.7 Å². The molecule has 0 spiro atoms. The Balaban J connectivity index is 2.07. The molecular weight excluding hydrogens is 432 g/mol. The van der Waals surface area contributed by atoms with Crippen LogP contribution in [0.5, 0.6) is 5.75 Å². The number of nitrogens with one attached hydrogen (secondary N) is 1. The lowest BCUT2D eigenvalue weighted by molar-refractivity contribution is -0.142. The number of ether oxygens (including phenoxy) is 1. The van der Waals surface area contributed by atoms with E-state index in [4.69, 9.17) is 4.74 Å². The number of hydrogen-bond donors (Lipinski definition) is 1. The van der Waals surface area contributed by atoms with Gasteiger partial charge < -0.3 is 15.0 Å². The lowest BCUT2D eigenvalue weighted by atomic mass is 10.1. The van der Waals surface area contributed by atoms with Crippen LogP contribution in [0.2, 0.25) is 0 Å². The minimum Gasteiger partial charge on any atom is -0.484 e. The van der Waals surface area contributed by atoms with Crippen LogP contribution in [0.25, 0.3) is 0 Å². The summed E-state index contributed by atoms with van der Waals surface area (Å²) < 4.78 is 6.58. The zero-order valence-corrected chi connectivity index (χ0v) is 19.0. The quantitative estimate of drug-likeness (QED) is 0.641. The number of benzene rings is 2. The molecule has 0 aliphatic heterocycles. The smallest absolute Gasteiger partial charge is 0.261 e. The number of halogens is 1. The minimum atomic E-state index is -0.598. The number of hydrogen-bond acceptors (Lipinski definition) is 3. The fourth-order valence-electron chi connectivity index (χ4n) is 2.80. The highest BCUT2D eigenvalue weighted by Crippen LogP contribution is 2.16. The largest absolute Gasteiger partial charge is 0.484 e. The Hall–Kier alpha value is -2.34. The molecular formula is C23H29BrN2O3. The maximum absolute atomic E-state index is 12.9. The van der Waals surface area contributed by atoms with Crippen LogP contribution in [0, 0.1) is 0 Å². The second-order valence-corrected chi connectivity index (χ2v) is 8.90. The molecule has 2 rings (SSSR count). The van der Waals surface area contributed by atoms with E-state index in [2.05, 4.69) is 21.2 Å². The van der Waals surface area contributed by atoms with Crippen LogP contribution in [0.15, 0.2) is 59.1 Å². The van der Waals surface area contributed by atoms with E-state index in [0.717, 1.165) is 10.0 Å². The SMILES string of the molecule is CC(C(=O)NC(C)(C)C)N(CCc1ccccc1)C(=O)COc1ccc(Br)cc1. The van der Waals surface area contributed by atoms with Gasteiger partial charge >= 0.3 is 0 Å². The van der Waals surface area contributed by atoms with Gasteiger partial charge in [-0.05, 0) is 63.9 Å². The monoisotopic (exact) mass is 460 g/mol. The number of amides is 2. The van der Waals surface area contributed by atoms with E-state index < -0.39 is 6.04 Å². The summed E-state index contributed by atoms with van der Waals surface area (Å²) in [6.07, 6.45) is 0.665. The summed E-state index contributed by atoms with van der Waals surface area (Å²) in [7, 11) is 0. The van der Waals surface area contributed by atoms with Crippen molar-refractivity contribution in [1.82, 2.24) is 10.2 Å². The van der Waals surface area contributed by atoms with Gasteiger partial charge in [0, 0.05) is 16.6 Å². The van der Waals surface area contributed by atoms with Crippen LogP contribution in [0.4, 0.5) is 0 Å². The van der Waals surface area contributed by atoms with E-state index in [9.17, 15) is 9.59 Å². The Morgan fingerprint density at radius 2 is 1.69 bits per heavy atom. The average Bonchev–Trinajstić information content (AvgIpc) is 2.67. The standard InChI is InChI=1S/C23H29BrN2O3/c1-17(22(28)25-23(2,3)4)26(15-14-18-8-6-5-7-9-18)21(27)16-29-20-12-10-19(24)11-13-20/h5-13,17H,14-16H2,1-4H3,(H,25,28). The molecule has 0 aromatic heterocycles. The van der Waals surface area contributed by atoms with Gasteiger partial charge in [0.15, 0.2) is 6.61 Å². The van der Waals surface area contributed by atoms with Gasteiger partial charge in [-0.1, -0.05) is 46.3 Å². The summed E-state index contributed by atoms with van der Waals surface area (Å²) in [4.78, 5) is 27.2. The first-order valence-electron chi connectivity index (χ1n) is 9.69. The first-order valence-corrected chi connectivity index (χ1v) is 10.5. The van der Waals surface area contributed by atoms with Gasteiger partial charge in [-0.2, -0.15) is 0 Å². The zero-order valence-electron chi connectivity index (χ0n) is 17.4. The highest BCUT2D eigenvalue weighted by molar-refractivity contribution is 9.10. The molecule has 1 N–H and O–H groups in total. The summed E-state index contributed by atoms with van der Waals surface area (Å²) in [5.74, 6) is 0.208. The van der Waals surface area contributed by atoms with Crippen LogP contribution >= 0.6 is 15.9 Å². The fourth-order valence-corrected chi connectivity index (χ4v) is 3.07. The molecule has 2 amide bonds. The molecule has 0 radical (unpaired) electrons. The van der Waals surface area contributed by atoms with Crippen LogP contribution in [-0.2, 0) is 16.0 Å². The van der Waals surface area contributed by atoms with Crippen molar-refractivity contribution in [1.29, 1.82) is 0 Å². The topological polar surface area (TPSA) is 58.6 Å². The predicted octanol–water partition coefficient (Wildman–Crippen LogP) is 4.20. The molecule has 0 heterocycles. The van der Waals surface area contributed by atoms with Crippen LogP contribution in [0.1, 0.15) is 33.3 Å². The molecule has 156 valence electrons. The molecule has 0 saturated heterocycles. The molecule has 0 aliphatic carbocycles. The van der Waals surface area contributed by atoms with Gasteiger partial charge in [0.1, 0.15) is 11.8 Å². The lowest BCUT2D eigenvalue weighted by Crippen LogP contribution is -2.53. The predicted molar refractivity (Wildman–Crippen MR) is 119 cm³/mol. The van der Waals surface area contributed by atoms with E-state index in [1.807, 2.05) is 63.2 Å². The van der Waals surface area contributed by atoms with Gasteiger partial charge in [0.25, 0.3) is 5.91 Å². The Morgan fingerprint density at radius 3 is 2.28 bits per heavy atom. The second kappa shape index (κ2) is 10.4. The van der Waals surface area contributed by atoms with Gasteiger partial charge in [0.05, 0.1) is 0 Å². The van der Waals surface area contributed by atoms with E-state index in [0.29, 0.717) is 18.7 Å². The van der Waals surface area contributed by atoms with Crippen molar-refractivity contribution in [3.8, 4) is 5.75 Å². The summed E-state index contributed by atoms with van der Waals surface area (Å²) in [6.45, 7) is 7.83. The van der Waals surface area contributed by atoms with Gasteiger partial charge in [0.2, 0.25) is 5.91 Å². The number of carbonyl (C=O) groups is 2. The third-order valence-electron chi connectivity index (χ3n) is 4.33. The molecule has 1 atom stereocenters. The third kappa shape index (κ3) is 7.89. The van der Waals surface area contributed by atoms with Crippen LogP contribution in [0.3, 0.4) is 0 Å². The van der Waals surface area contributed by atoms with Gasteiger partial charge in [-0.25, -0.2) is 0 Å². The highest BCUT2D eigenvalue weighted by Gasteiger charge is 2.28. The maximum Gasteiger partial charge on any atom is 0.261 e. The Bertz CT molecular complexity index is 801. The van der Waals surface area contributed by atoms with Crippen LogP contribution in [-0.4, -0.2) is 41.4 Å². The molecule has 29 heavy (non-hydrogen) atoms. The van der Waals surface area contributed by atoms with Crippen molar-refractivity contribution in [3.05, 3.63) is 64.6 Å². The van der Waals surface area contributed by atoms with Gasteiger partial charge in [-0.15, -0.1) is 0 Å². The third-order valence-corrected chi connectivity index (χ3v) is 4.85. The molecule has 0 saturated carbocycles. The summed E-state index contributed by atoms with van der Waals surface area (Å²) in [5.41, 5.74) is 0.746. The number of nitrogens with zero attached hydrogens (tertiary/aromatic N) is 1. The Morgan fingerprint density at radius 1 is 1.07 bits per heavy atom. The molecule has 0 aliphatic rings. The molecule has 1 unspecified atom stereocenters. The van der Waals surface area contributed by atoms with Crippen molar-refractivity contribution in [2.45, 2.75) is 45.7 Å². The molecule has 0 bridgehead atoms. The van der Waals surface area contributed by atoms with E-state index in [1.54, 1.807) is 24.0 Å². The first kappa shape index (κ1) is 22.9. The minimum absolute atomic E-state index is 0.121. The normalized spacial score (nSPS) is 12.2. The zero-order chi connectivity index (χ0) is 21.4. The van der Waals surface area contributed by atoms with Gasteiger partial charge in [-0.3, -0.25) is 9.59 Å². The van der Waals surface area contributed by atoms with Crippen molar-refractivity contribution in [3.63, 3.8) is 0 Å². The van der Waals surface area contributed by atoms with Crippen molar-refractivity contribution in [2.75, 3.05) is 13.2 Å². The molecule has 2 aromatic carbocycles. The highest BCUT2D eigenvalue weighted by atomic mass is 79.9. The molecule has 6 heteroatoms.